The van der Waals surface area contributed by atoms with E-state index >= 15 is 0 Å². The molecule has 3 N–H and O–H groups in total. The highest BCUT2D eigenvalue weighted by Crippen LogP contribution is 2.35. The van der Waals surface area contributed by atoms with E-state index in [-0.39, 0.29) is 30.7 Å². The van der Waals surface area contributed by atoms with Gasteiger partial charge in [0.05, 0.1) is 0 Å². The lowest BCUT2D eigenvalue weighted by Gasteiger charge is -2.21. The Morgan fingerprint density at radius 3 is 2.15 bits per heavy atom. The first-order chi connectivity index (χ1) is 12.0. The Labute approximate surface area is 158 Å². The van der Waals surface area contributed by atoms with E-state index in [0.29, 0.717) is 10.7 Å². The molecule has 0 bridgehead atoms. The number of carbonyl (C=O) groups excluding carboxylic acids is 2. The SMILES string of the molecule is CC(C)c1cc(Cl)cc(C(C)C)c1NC(=O)NS(=O)(=O)C1CNC(=O)C1. The van der Waals surface area contributed by atoms with Crippen molar-refractivity contribution >= 4 is 39.2 Å². The Morgan fingerprint density at radius 2 is 1.73 bits per heavy atom. The van der Waals surface area contributed by atoms with Crippen LogP contribution in [0.1, 0.15) is 57.1 Å². The molecule has 0 aromatic heterocycles. The molecule has 1 unspecified atom stereocenters. The molecule has 7 nitrogen and oxygen atoms in total. The van der Waals surface area contributed by atoms with Gasteiger partial charge in [0.15, 0.2) is 0 Å². The fourth-order valence-corrected chi connectivity index (χ4v) is 4.24. The highest BCUT2D eigenvalue weighted by atomic mass is 35.5. The molecule has 2 rings (SSSR count). The maximum Gasteiger partial charge on any atom is 0.332 e. The van der Waals surface area contributed by atoms with E-state index in [1.165, 1.54) is 0 Å². The van der Waals surface area contributed by atoms with E-state index < -0.39 is 21.3 Å². The second-order valence-electron chi connectivity index (χ2n) is 7.00. The van der Waals surface area contributed by atoms with Crippen LogP contribution in [0, 0.1) is 0 Å². The molecule has 1 atom stereocenters. The topological polar surface area (TPSA) is 104 Å². The van der Waals surface area contributed by atoms with Gasteiger partial charge in [0.2, 0.25) is 15.9 Å². The maximum absolute atomic E-state index is 12.4. The standard InChI is InChI=1S/C17H24ClN3O4S/c1-9(2)13-5-11(18)6-14(10(3)4)16(13)20-17(23)21-26(24,25)12-7-15(22)19-8-12/h5-6,9-10,12H,7-8H2,1-4H3,(H,19,22)(H2,20,21,23). The van der Waals surface area contributed by atoms with Crippen molar-refractivity contribution < 1.29 is 18.0 Å². The zero-order chi connectivity index (χ0) is 19.6. The number of amides is 3. The molecule has 1 aromatic rings. The third-order valence-corrected chi connectivity index (χ3v) is 6.16. The molecule has 1 fully saturated rings. The average Bonchev–Trinajstić information content (AvgIpc) is 2.95. The monoisotopic (exact) mass is 401 g/mol. The highest BCUT2D eigenvalue weighted by Gasteiger charge is 2.34. The summed E-state index contributed by atoms with van der Waals surface area (Å²) < 4.78 is 26.6. The molecule has 26 heavy (non-hydrogen) atoms. The number of nitrogens with one attached hydrogen (secondary N) is 3. The molecule has 1 aromatic carbocycles. The van der Waals surface area contributed by atoms with Gasteiger partial charge in [0, 0.05) is 23.7 Å². The summed E-state index contributed by atoms with van der Waals surface area (Å²) in [6.45, 7) is 7.85. The van der Waals surface area contributed by atoms with Gasteiger partial charge in [-0.05, 0) is 35.1 Å². The molecule has 1 aliphatic heterocycles. The molecule has 1 heterocycles. The van der Waals surface area contributed by atoms with Crippen LogP contribution in [0.25, 0.3) is 0 Å². The van der Waals surface area contributed by atoms with Gasteiger partial charge < -0.3 is 10.6 Å². The van der Waals surface area contributed by atoms with Crippen molar-refractivity contribution in [2.24, 2.45) is 0 Å². The van der Waals surface area contributed by atoms with E-state index in [2.05, 4.69) is 10.6 Å². The van der Waals surface area contributed by atoms with Crippen molar-refractivity contribution in [3.05, 3.63) is 28.3 Å². The number of hydrogen-bond acceptors (Lipinski definition) is 4. The van der Waals surface area contributed by atoms with Gasteiger partial charge in [-0.2, -0.15) is 0 Å². The van der Waals surface area contributed by atoms with Crippen LogP contribution in [0.5, 0.6) is 0 Å². The van der Waals surface area contributed by atoms with Gasteiger partial charge in [-0.25, -0.2) is 17.9 Å². The Balaban J connectivity index is 2.27. The van der Waals surface area contributed by atoms with Crippen molar-refractivity contribution in [3.8, 4) is 0 Å². The van der Waals surface area contributed by atoms with Gasteiger partial charge in [-0.3, -0.25) is 4.79 Å². The summed E-state index contributed by atoms with van der Waals surface area (Å²) in [5.41, 5.74) is 2.21. The summed E-state index contributed by atoms with van der Waals surface area (Å²) in [5.74, 6) is -0.188. The van der Waals surface area contributed by atoms with Crippen LogP contribution in [-0.2, 0) is 14.8 Å². The molecule has 0 saturated carbocycles. The zero-order valence-electron chi connectivity index (χ0n) is 15.2. The first kappa shape index (κ1) is 20.5. The second-order valence-corrected chi connectivity index (χ2v) is 9.40. The number of anilines is 1. The zero-order valence-corrected chi connectivity index (χ0v) is 16.8. The van der Waals surface area contributed by atoms with E-state index in [4.69, 9.17) is 11.6 Å². The van der Waals surface area contributed by atoms with E-state index in [1.54, 1.807) is 12.1 Å². The summed E-state index contributed by atoms with van der Waals surface area (Å²) in [4.78, 5) is 23.6. The number of carbonyl (C=O) groups is 2. The van der Waals surface area contributed by atoms with E-state index in [0.717, 1.165) is 11.1 Å². The molecule has 9 heteroatoms. The van der Waals surface area contributed by atoms with Crippen LogP contribution in [-0.4, -0.2) is 32.2 Å². The van der Waals surface area contributed by atoms with Crippen LogP contribution in [0.15, 0.2) is 12.1 Å². The Hall–Kier alpha value is -1.80. The molecule has 0 spiro atoms. The van der Waals surface area contributed by atoms with Crippen LogP contribution < -0.4 is 15.4 Å². The molecule has 0 aliphatic carbocycles. The fourth-order valence-electron chi connectivity index (χ4n) is 2.85. The minimum Gasteiger partial charge on any atom is -0.355 e. The van der Waals surface area contributed by atoms with Crippen LogP contribution in [0.2, 0.25) is 5.02 Å². The lowest BCUT2D eigenvalue weighted by atomic mass is 9.92. The first-order valence-electron chi connectivity index (χ1n) is 8.44. The van der Waals surface area contributed by atoms with Crippen molar-refractivity contribution in [1.82, 2.24) is 10.0 Å². The predicted molar refractivity (Wildman–Crippen MR) is 102 cm³/mol. The minimum absolute atomic E-state index is 0.00310. The number of benzene rings is 1. The van der Waals surface area contributed by atoms with Crippen molar-refractivity contribution in [2.75, 3.05) is 11.9 Å². The molecule has 144 valence electrons. The fraction of sp³-hybridized carbons (Fsp3) is 0.529. The molecule has 1 aliphatic rings. The van der Waals surface area contributed by atoms with Crippen LogP contribution in [0.4, 0.5) is 10.5 Å². The van der Waals surface area contributed by atoms with Gasteiger partial charge in [0.25, 0.3) is 0 Å². The molecule has 0 radical (unpaired) electrons. The maximum atomic E-state index is 12.4. The molecular formula is C17H24ClN3O4S. The van der Waals surface area contributed by atoms with Crippen molar-refractivity contribution in [3.63, 3.8) is 0 Å². The molecule has 1 saturated heterocycles. The number of urea groups is 1. The van der Waals surface area contributed by atoms with Crippen LogP contribution in [0.3, 0.4) is 0 Å². The summed E-state index contributed by atoms with van der Waals surface area (Å²) in [6, 6.07) is 2.68. The quantitative estimate of drug-likeness (QED) is 0.705. The van der Waals surface area contributed by atoms with E-state index in [1.807, 2.05) is 32.4 Å². The van der Waals surface area contributed by atoms with Crippen molar-refractivity contribution in [2.45, 2.75) is 51.2 Å². The summed E-state index contributed by atoms with van der Waals surface area (Å²) in [6.07, 6.45) is -0.155. The van der Waals surface area contributed by atoms with Gasteiger partial charge in [-0.15, -0.1) is 0 Å². The second kappa shape index (κ2) is 7.84. The Morgan fingerprint density at radius 1 is 1.19 bits per heavy atom. The highest BCUT2D eigenvalue weighted by molar-refractivity contribution is 7.90. The number of halogens is 1. The van der Waals surface area contributed by atoms with E-state index in [9.17, 15) is 18.0 Å². The average molecular weight is 402 g/mol. The molecular weight excluding hydrogens is 378 g/mol. The number of rotatable bonds is 5. The van der Waals surface area contributed by atoms with Crippen molar-refractivity contribution in [1.29, 1.82) is 0 Å². The number of hydrogen-bond donors (Lipinski definition) is 3. The largest absolute Gasteiger partial charge is 0.355 e. The summed E-state index contributed by atoms with van der Waals surface area (Å²) >= 11 is 6.19. The Kier molecular flexibility index (Phi) is 6.18. The Bertz CT molecular complexity index is 792. The third kappa shape index (κ3) is 4.67. The number of sulfonamides is 1. The van der Waals surface area contributed by atoms with Gasteiger partial charge in [0.1, 0.15) is 5.25 Å². The lowest BCUT2D eigenvalue weighted by molar-refractivity contribution is -0.119. The predicted octanol–water partition coefficient (Wildman–Crippen LogP) is 2.93. The summed E-state index contributed by atoms with van der Waals surface area (Å²) in [5, 5.41) is 4.72. The first-order valence-corrected chi connectivity index (χ1v) is 10.4. The summed E-state index contributed by atoms with van der Waals surface area (Å²) in [7, 11) is -3.96. The molecule has 3 amide bonds. The normalized spacial score (nSPS) is 17.5. The van der Waals surface area contributed by atoms with Crippen LogP contribution >= 0.6 is 11.6 Å². The third-order valence-electron chi connectivity index (χ3n) is 4.26. The minimum atomic E-state index is -3.96. The van der Waals surface area contributed by atoms with Gasteiger partial charge in [-0.1, -0.05) is 39.3 Å². The lowest BCUT2D eigenvalue weighted by Crippen LogP contribution is -2.41. The smallest absolute Gasteiger partial charge is 0.332 e. The van der Waals surface area contributed by atoms with Gasteiger partial charge >= 0.3 is 6.03 Å².